The first-order chi connectivity index (χ1) is 9.65. The molecule has 0 unspecified atom stereocenters. The summed E-state index contributed by atoms with van der Waals surface area (Å²) in [7, 11) is 0. The maximum atomic E-state index is 13.7. The highest BCUT2D eigenvalue weighted by Crippen LogP contribution is 2.35. The molecule has 1 heterocycles. The molecule has 0 radical (unpaired) electrons. The zero-order valence-electron chi connectivity index (χ0n) is 10.3. The van der Waals surface area contributed by atoms with E-state index in [-0.39, 0.29) is 5.82 Å². The molecule has 1 N–H and O–H groups in total. The molecular weight excluding hydrogens is 361 g/mol. The molecule has 0 spiro atoms. The van der Waals surface area contributed by atoms with Crippen LogP contribution < -0.4 is 5.32 Å². The molecule has 0 atom stereocenters. The second kappa shape index (κ2) is 5.72. The molecule has 102 valence electrons. The van der Waals surface area contributed by atoms with Gasteiger partial charge in [0.2, 0.25) is 0 Å². The van der Waals surface area contributed by atoms with Crippen molar-refractivity contribution in [1.82, 2.24) is 0 Å². The molecule has 3 aromatic rings. The van der Waals surface area contributed by atoms with Gasteiger partial charge in [-0.1, -0.05) is 45.7 Å². The van der Waals surface area contributed by atoms with Crippen molar-refractivity contribution in [2.45, 2.75) is 6.54 Å². The number of anilines is 1. The largest absolute Gasteiger partial charge is 0.378 e. The van der Waals surface area contributed by atoms with Gasteiger partial charge in [0, 0.05) is 19.4 Å². The highest BCUT2D eigenvalue weighted by molar-refractivity contribution is 9.10. The van der Waals surface area contributed by atoms with Gasteiger partial charge in [0.1, 0.15) is 5.82 Å². The highest BCUT2D eigenvalue weighted by Gasteiger charge is 2.10. The van der Waals surface area contributed by atoms with Gasteiger partial charge in [0.05, 0.1) is 17.3 Å². The summed E-state index contributed by atoms with van der Waals surface area (Å²) in [6.45, 7) is 0.506. The molecule has 0 saturated heterocycles. The van der Waals surface area contributed by atoms with E-state index in [0.29, 0.717) is 12.2 Å². The van der Waals surface area contributed by atoms with Crippen molar-refractivity contribution >= 4 is 54.6 Å². The summed E-state index contributed by atoms with van der Waals surface area (Å²) < 4.78 is 15.6. The zero-order chi connectivity index (χ0) is 14.1. The topological polar surface area (TPSA) is 12.0 Å². The van der Waals surface area contributed by atoms with Gasteiger partial charge in [-0.15, -0.1) is 11.3 Å². The smallest absolute Gasteiger partial charge is 0.146 e. The number of nitrogens with one attached hydrogen (secondary N) is 1. The third kappa shape index (κ3) is 2.68. The number of rotatable bonds is 3. The highest BCUT2D eigenvalue weighted by atomic mass is 79.9. The van der Waals surface area contributed by atoms with E-state index in [9.17, 15) is 4.39 Å². The van der Waals surface area contributed by atoms with Gasteiger partial charge in [-0.25, -0.2) is 4.39 Å². The number of benzene rings is 2. The van der Waals surface area contributed by atoms with E-state index in [4.69, 9.17) is 11.6 Å². The number of hydrogen-bond donors (Lipinski definition) is 1. The minimum atomic E-state index is -0.273. The Hall–Kier alpha value is -1.10. The van der Waals surface area contributed by atoms with E-state index < -0.39 is 0 Å². The summed E-state index contributed by atoms with van der Waals surface area (Å²) in [4.78, 5) is 1.01. The maximum Gasteiger partial charge on any atom is 0.146 e. The fourth-order valence-corrected chi connectivity index (χ4v) is 3.79. The maximum absolute atomic E-state index is 13.7. The standard InChI is InChI=1S/C15H10BrClFNS/c16-9-5-6-11(18)12(7-9)19-8-14-15(17)10-3-1-2-4-13(10)20-14/h1-7,19H,8H2. The Kier molecular flexibility index (Phi) is 3.96. The molecule has 0 amide bonds. The average Bonchev–Trinajstić information content (AvgIpc) is 2.77. The molecule has 5 heteroatoms. The number of hydrogen-bond acceptors (Lipinski definition) is 2. The van der Waals surface area contributed by atoms with Crippen LogP contribution in [-0.2, 0) is 6.54 Å². The van der Waals surface area contributed by atoms with E-state index >= 15 is 0 Å². The van der Waals surface area contributed by atoms with E-state index in [1.807, 2.05) is 24.3 Å². The molecule has 1 nitrogen and oxygen atoms in total. The zero-order valence-corrected chi connectivity index (χ0v) is 13.4. The van der Waals surface area contributed by atoms with Crippen molar-refractivity contribution in [1.29, 1.82) is 0 Å². The lowest BCUT2D eigenvalue weighted by Gasteiger charge is -2.07. The number of fused-ring (bicyclic) bond motifs is 1. The molecule has 0 aliphatic rings. The van der Waals surface area contributed by atoms with Gasteiger partial charge < -0.3 is 5.32 Å². The molecule has 0 aliphatic heterocycles. The first kappa shape index (κ1) is 13.9. The minimum absolute atomic E-state index is 0.273. The Labute approximate surface area is 133 Å². The second-order valence-corrected chi connectivity index (χ2v) is 6.74. The Morgan fingerprint density at radius 1 is 1.20 bits per heavy atom. The summed E-state index contributed by atoms with van der Waals surface area (Å²) in [6.07, 6.45) is 0. The molecule has 0 bridgehead atoms. The summed E-state index contributed by atoms with van der Waals surface area (Å²) >= 11 is 11.3. The first-order valence-electron chi connectivity index (χ1n) is 6.00. The lowest BCUT2D eigenvalue weighted by molar-refractivity contribution is 0.630. The van der Waals surface area contributed by atoms with Crippen LogP contribution >= 0.6 is 38.9 Å². The molecular formula is C15H10BrClFNS. The fourth-order valence-electron chi connectivity index (χ4n) is 1.99. The van der Waals surface area contributed by atoms with E-state index in [0.717, 1.165) is 24.5 Å². The number of thiophene rings is 1. The van der Waals surface area contributed by atoms with Crippen LogP contribution in [0, 0.1) is 5.82 Å². The molecule has 1 aromatic heterocycles. The first-order valence-corrected chi connectivity index (χ1v) is 7.99. The van der Waals surface area contributed by atoms with Crippen LogP contribution in [0.4, 0.5) is 10.1 Å². The van der Waals surface area contributed by atoms with Crippen LogP contribution in [0.5, 0.6) is 0 Å². The predicted octanol–water partition coefficient (Wildman–Crippen LogP) is 6.07. The molecule has 2 aromatic carbocycles. The Bertz CT molecular complexity index is 772. The summed E-state index contributed by atoms with van der Waals surface area (Å²) in [5, 5.41) is 4.88. The Morgan fingerprint density at radius 3 is 2.80 bits per heavy atom. The van der Waals surface area contributed by atoms with Gasteiger partial charge >= 0.3 is 0 Å². The quantitative estimate of drug-likeness (QED) is 0.590. The third-order valence-corrected chi connectivity index (χ3v) is 5.18. The lowest BCUT2D eigenvalue weighted by atomic mass is 10.2. The van der Waals surface area contributed by atoms with Crippen molar-refractivity contribution in [3.63, 3.8) is 0 Å². The summed E-state index contributed by atoms with van der Waals surface area (Å²) in [6, 6.07) is 12.8. The monoisotopic (exact) mass is 369 g/mol. The van der Waals surface area contributed by atoms with Crippen molar-refractivity contribution in [3.05, 3.63) is 62.7 Å². The van der Waals surface area contributed by atoms with Gasteiger partial charge in [0.15, 0.2) is 0 Å². The van der Waals surface area contributed by atoms with Crippen LogP contribution in [0.3, 0.4) is 0 Å². The molecule has 0 saturated carbocycles. The van der Waals surface area contributed by atoms with E-state index in [1.54, 1.807) is 23.5 Å². The average molecular weight is 371 g/mol. The van der Waals surface area contributed by atoms with E-state index in [1.165, 1.54) is 6.07 Å². The normalized spacial score (nSPS) is 10.9. The Morgan fingerprint density at radius 2 is 2.00 bits per heavy atom. The van der Waals surface area contributed by atoms with Crippen LogP contribution in [0.15, 0.2) is 46.9 Å². The van der Waals surface area contributed by atoms with Crippen molar-refractivity contribution < 1.29 is 4.39 Å². The van der Waals surface area contributed by atoms with E-state index in [2.05, 4.69) is 21.2 Å². The summed E-state index contributed by atoms with van der Waals surface area (Å²) in [5.41, 5.74) is 0.466. The van der Waals surface area contributed by atoms with Crippen molar-refractivity contribution in [2.24, 2.45) is 0 Å². The SMILES string of the molecule is Fc1ccc(Br)cc1NCc1sc2ccccc2c1Cl. The van der Waals surface area contributed by atoms with Gasteiger partial charge in [0.25, 0.3) is 0 Å². The lowest BCUT2D eigenvalue weighted by Crippen LogP contribution is -2.00. The van der Waals surface area contributed by atoms with Crippen LogP contribution in [0.2, 0.25) is 5.02 Å². The minimum Gasteiger partial charge on any atom is -0.378 e. The second-order valence-electron chi connectivity index (χ2n) is 4.31. The van der Waals surface area contributed by atoms with Gasteiger partial charge in [-0.2, -0.15) is 0 Å². The van der Waals surface area contributed by atoms with Gasteiger partial charge in [-0.3, -0.25) is 0 Å². The third-order valence-electron chi connectivity index (χ3n) is 2.97. The van der Waals surface area contributed by atoms with Crippen LogP contribution in [0.25, 0.3) is 10.1 Å². The molecule has 0 aliphatic carbocycles. The number of halogens is 3. The molecule has 3 rings (SSSR count). The van der Waals surface area contributed by atoms with Crippen LogP contribution in [0.1, 0.15) is 4.88 Å². The van der Waals surface area contributed by atoms with Gasteiger partial charge in [-0.05, 0) is 24.3 Å². The molecule has 20 heavy (non-hydrogen) atoms. The Balaban J connectivity index is 1.87. The fraction of sp³-hybridized carbons (Fsp3) is 0.0667. The molecule has 0 fully saturated rings. The van der Waals surface area contributed by atoms with Crippen molar-refractivity contribution in [2.75, 3.05) is 5.32 Å². The summed E-state index contributed by atoms with van der Waals surface area (Å²) in [5.74, 6) is -0.273. The predicted molar refractivity (Wildman–Crippen MR) is 88.3 cm³/mol. The van der Waals surface area contributed by atoms with Crippen molar-refractivity contribution in [3.8, 4) is 0 Å². The van der Waals surface area contributed by atoms with Crippen LogP contribution in [-0.4, -0.2) is 0 Å².